The Morgan fingerprint density at radius 2 is 2.25 bits per heavy atom. The Morgan fingerprint density at radius 3 is 3.00 bits per heavy atom. The maximum atomic E-state index is 12.4. The number of nitro groups is 1. The summed E-state index contributed by atoms with van der Waals surface area (Å²) in [6.07, 6.45) is 4.87. The van der Waals surface area contributed by atoms with Gasteiger partial charge in [0.05, 0.1) is 17.1 Å². The number of hydrogen-bond donors (Lipinski definition) is 1. The fourth-order valence-corrected chi connectivity index (χ4v) is 3.58. The molecule has 0 saturated carbocycles. The van der Waals surface area contributed by atoms with Crippen LogP contribution in [0.25, 0.3) is 0 Å². The zero-order chi connectivity index (χ0) is 16.9. The summed E-state index contributed by atoms with van der Waals surface area (Å²) in [5.41, 5.74) is 0.929. The maximum Gasteiger partial charge on any atom is 0.317 e. The number of rotatable bonds is 5. The normalized spacial score (nSPS) is 23.4. The third-order valence-electron chi connectivity index (χ3n) is 4.77. The monoisotopic (exact) mass is 333 g/mol. The molecule has 130 valence electrons. The van der Waals surface area contributed by atoms with E-state index in [0.29, 0.717) is 13.0 Å². The molecule has 1 aromatic carbocycles. The highest BCUT2D eigenvalue weighted by atomic mass is 16.6. The lowest BCUT2D eigenvalue weighted by Crippen LogP contribution is -2.47. The fraction of sp³-hybridized carbons (Fsp3) is 0.588. The van der Waals surface area contributed by atoms with Crippen LogP contribution in [0.1, 0.15) is 31.2 Å². The number of nitrogens with one attached hydrogen (secondary N) is 1. The van der Waals surface area contributed by atoms with E-state index in [0.717, 1.165) is 44.4 Å². The van der Waals surface area contributed by atoms with Crippen molar-refractivity contribution < 1.29 is 14.5 Å². The number of carbonyl (C=O) groups excluding carboxylic acids is 1. The van der Waals surface area contributed by atoms with E-state index < -0.39 is 4.92 Å². The van der Waals surface area contributed by atoms with E-state index >= 15 is 0 Å². The van der Waals surface area contributed by atoms with E-state index in [1.54, 1.807) is 12.1 Å². The third-order valence-corrected chi connectivity index (χ3v) is 4.77. The average molecular weight is 333 g/mol. The SMILES string of the molecule is O=C(NCCc1cccc([N+](=O)[O-])c1)N1CCC[C@H]1[C@H]1CCCO1. The lowest BCUT2D eigenvalue weighted by Gasteiger charge is -2.29. The van der Waals surface area contributed by atoms with Gasteiger partial charge in [0, 0.05) is 31.8 Å². The predicted octanol–water partition coefficient (Wildman–Crippen LogP) is 2.49. The number of non-ortho nitro benzene ring substituents is 1. The first kappa shape index (κ1) is 16.7. The molecule has 2 saturated heterocycles. The second-order valence-electron chi connectivity index (χ2n) is 6.36. The molecule has 0 aromatic heterocycles. The van der Waals surface area contributed by atoms with Crippen molar-refractivity contribution >= 4 is 11.7 Å². The summed E-state index contributed by atoms with van der Waals surface area (Å²) < 4.78 is 5.74. The standard InChI is InChI=1S/C17H23N3O4/c21-17(19-10-2-6-15(19)16-7-3-11-24-16)18-9-8-13-4-1-5-14(12-13)20(22)23/h1,4-5,12,15-16H,2-3,6-11H2,(H,18,21)/t15-,16+/m0/s1. The van der Waals surface area contributed by atoms with Crippen LogP contribution in [0.2, 0.25) is 0 Å². The van der Waals surface area contributed by atoms with Crippen LogP contribution >= 0.6 is 0 Å². The molecule has 0 spiro atoms. The van der Waals surface area contributed by atoms with Crippen LogP contribution in [0.5, 0.6) is 0 Å². The summed E-state index contributed by atoms with van der Waals surface area (Å²) in [6.45, 7) is 2.03. The molecule has 0 radical (unpaired) electrons. The van der Waals surface area contributed by atoms with Gasteiger partial charge in [-0.3, -0.25) is 10.1 Å². The van der Waals surface area contributed by atoms with Crippen LogP contribution in [-0.2, 0) is 11.2 Å². The zero-order valence-electron chi connectivity index (χ0n) is 13.6. The molecule has 0 bridgehead atoms. The first-order chi connectivity index (χ1) is 11.6. The molecule has 7 nitrogen and oxygen atoms in total. The van der Waals surface area contributed by atoms with Gasteiger partial charge >= 0.3 is 6.03 Å². The molecule has 2 fully saturated rings. The van der Waals surface area contributed by atoms with Crippen LogP contribution in [0.3, 0.4) is 0 Å². The Balaban J connectivity index is 1.50. The van der Waals surface area contributed by atoms with Gasteiger partial charge in [0.15, 0.2) is 0 Å². The lowest BCUT2D eigenvalue weighted by atomic mass is 10.1. The molecule has 2 heterocycles. The molecule has 1 aromatic rings. The van der Waals surface area contributed by atoms with Gasteiger partial charge in [-0.05, 0) is 37.7 Å². The second-order valence-corrected chi connectivity index (χ2v) is 6.36. The van der Waals surface area contributed by atoms with E-state index in [1.165, 1.54) is 6.07 Å². The van der Waals surface area contributed by atoms with Crippen molar-refractivity contribution in [1.29, 1.82) is 0 Å². The predicted molar refractivity (Wildman–Crippen MR) is 88.9 cm³/mol. The van der Waals surface area contributed by atoms with Crippen molar-refractivity contribution in [2.75, 3.05) is 19.7 Å². The largest absolute Gasteiger partial charge is 0.376 e. The van der Waals surface area contributed by atoms with Crippen LogP contribution in [0.4, 0.5) is 10.5 Å². The minimum Gasteiger partial charge on any atom is -0.376 e. The number of nitrogens with zero attached hydrogens (tertiary/aromatic N) is 2. The van der Waals surface area contributed by atoms with Crippen molar-refractivity contribution in [1.82, 2.24) is 10.2 Å². The maximum absolute atomic E-state index is 12.4. The van der Waals surface area contributed by atoms with Gasteiger partial charge in [-0.15, -0.1) is 0 Å². The summed E-state index contributed by atoms with van der Waals surface area (Å²) in [6, 6.07) is 6.66. The van der Waals surface area contributed by atoms with E-state index in [9.17, 15) is 14.9 Å². The first-order valence-electron chi connectivity index (χ1n) is 8.54. The van der Waals surface area contributed by atoms with E-state index in [1.807, 2.05) is 11.0 Å². The van der Waals surface area contributed by atoms with Crippen LogP contribution in [0.15, 0.2) is 24.3 Å². The zero-order valence-corrected chi connectivity index (χ0v) is 13.6. The summed E-state index contributed by atoms with van der Waals surface area (Å²) >= 11 is 0. The Labute approximate surface area is 141 Å². The van der Waals surface area contributed by atoms with Gasteiger partial charge in [0.1, 0.15) is 0 Å². The summed E-state index contributed by atoms with van der Waals surface area (Å²) in [4.78, 5) is 24.7. The highest BCUT2D eigenvalue weighted by Crippen LogP contribution is 2.27. The van der Waals surface area contributed by atoms with Crippen LogP contribution in [-0.4, -0.2) is 47.7 Å². The number of nitro benzene ring substituents is 1. The average Bonchev–Trinajstić information content (AvgIpc) is 3.26. The molecule has 2 amide bonds. The first-order valence-corrected chi connectivity index (χ1v) is 8.54. The highest BCUT2D eigenvalue weighted by molar-refractivity contribution is 5.75. The van der Waals surface area contributed by atoms with Gasteiger partial charge in [0.25, 0.3) is 5.69 Å². The quantitative estimate of drug-likeness (QED) is 0.663. The molecule has 0 unspecified atom stereocenters. The summed E-state index contributed by atoms with van der Waals surface area (Å²) in [5.74, 6) is 0. The minimum atomic E-state index is -0.404. The van der Waals surface area contributed by atoms with Crippen molar-refractivity contribution in [3.05, 3.63) is 39.9 Å². The Bertz CT molecular complexity index is 601. The van der Waals surface area contributed by atoms with Crippen molar-refractivity contribution in [2.24, 2.45) is 0 Å². The molecule has 0 aliphatic carbocycles. The number of amides is 2. The van der Waals surface area contributed by atoms with E-state index in [4.69, 9.17) is 4.74 Å². The lowest BCUT2D eigenvalue weighted by molar-refractivity contribution is -0.384. The summed E-state index contributed by atoms with van der Waals surface area (Å²) in [7, 11) is 0. The van der Waals surface area contributed by atoms with Gasteiger partial charge in [-0.1, -0.05) is 12.1 Å². The molecular weight excluding hydrogens is 310 g/mol. The number of carbonyl (C=O) groups is 1. The molecule has 2 aliphatic heterocycles. The molecule has 24 heavy (non-hydrogen) atoms. The van der Waals surface area contributed by atoms with Gasteiger partial charge < -0.3 is 15.0 Å². The fourth-order valence-electron chi connectivity index (χ4n) is 3.58. The molecule has 2 aliphatic rings. The van der Waals surface area contributed by atoms with E-state index in [-0.39, 0.29) is 23.9 Å². The topological polar surface area (TPSA) is 84.7 Å². The molecular formula is C17H23N3O4. The number of ether oxygens (including phenoxy) is 1. The minimum absolute atomic E-state index is 0.0570. The smallest absolute Gasteiger partial charge is 0.317 e. The third kappa shape index (κ3) is 3.84. The van der Waals surface area contributed by atoms with Crippen LogP contribution < -0.4 is 5.32 Å². The van der Waals surface area contributed by atoms with Crippen molar-refractivity contribution in [2.45, 2.75) is 44.2 Å². The number of hydrogen-bond acceptors (Lipinski definition) is 4. The number of benzene rings is 1. The Hall–Kier alpha value is -2.15. The van der Waals surface area contributed by atoms with Gasteiger partial charge in [0.2, 0.25) is 0 Å². The van der Waals surface area contributed by atoms with Crippen molar-refractivity contribution in [3.8, 4) is 0 Å². The van der Waals surface area contributed by atoms with Gasteiger partial charge in [-0.2, -0.15) is 0 Å². The van der Waals surface area contributed by atoms with Crippen LogP contribution in [0, 0.1) is 10.1 Å². The summed E-state index contributed by atoms with van der Waals surface area (Å²) in [5, 5.41) is 13.7. The highest BCUT2D eigenvalue weighted by Gasteiger charge is 2.36. The number of urea groups is 1. The number of likely N-dealkylation sites (tertiary alicyclic amines) is 1. The van der Waals surface area contributed by atoms with Gasteiger partial charge in [-0.25, -0.2) is 4.79 Å². The molecule has 7 heteroatoms. The second kappa shape index (κ2) is 7.61. The Kier molecular flexibility index (Phi) is 5.30. The molecule has 3 rings (SSSR count). The molecule has 2 atom stereocenters. The van der Waals surface area contributed by atoms with E-state index in [2.05, 4.69) is 5.32 Å². The van der Waals surface area contributed by atoms with Crippen molar-refractivity contribution in [3.63, 3.8) is 0 Å². The molecule has 1 N–H and O–H groups in total. The Morgan fingerprint density at radius 1 is 1.38 bits per heavy atom.